The summed E-state index contributed by atoms with van der Waals surface area (Å²) < 4.78 is 0. The molecule has 1 N–H and O–H groups in total. The molecule has 0 bridgehead atoms. The third-order valence-electron chi connectivity index (χ3n) is 2.71. The van der Waals surface area contributed by atoms with Gasteiger partial charge in [0.05, 0.1) is 6.10 Å². The second kappa shape index (κ2) is 5.86. The van der Waals surface area contributed by atoms with Crippen molar-refractivity contribution < 1.29 is 5.11 Å². The van der Waals surface area contributed by atoms with Crippen LogP contribution in [-0.4, -0.2) is 10.1 Å². The Labute approximate surface area is 92.4 Å². The molecule has 2 unspecified atom stereocenters. The third-order valence-corrected chi connectivity index (χ3v) is 2.71. The highest BCUT2D eigenvalue weighted by atomic mass is 16.3. The van der Waals surface area contributed by atoms with Gasteiger partial charge in [0.15, 0.2) is 0 Å². The van der Waals surface area contributed by atoms with E-state index in [-0.39, 0.29) is 6.10 Å². The van der Waals surface area contributed by atoms with Gasteiger partial charge in [-0.25, -0.2) is 0 Å². The normalized spacial score (nSPS) is 14.9. The summed E-state index contributed by atoms with van der Waals surface area (Å²) in [6, 6.07) is 3.86. The second-order valence-electron chi connectivity index (χ2n) is 4.38. The van der Waals surface area contributed by atoms with Gasteiger partial charge in [0.2, 0.25) is 0 Å². The maximum Gasteiger partial charge on any atom is 0.0793 e. The molecule has 84 valence electrons. The molecule has 1 rings (SSSR count). The fourth-order valence-electron chi connectivity index (χ4n) is 1.90. The molecule has 2 nitrogen and oxygen atoms in total. The van der Waals surface area contributed by atoms with Crippen molar-refractivity contribution in [2.24, 2.45) is 5.92 Å². The summed E-state index contributed by atoms with van der Waals surface area (Å²) in [6.07, 6.45) is 4.63. The first-order valence-corrected chi connectivity index (χ1v) is 5.74. The van der Waals surface area contributed by atoms with Crippen molar-refractivity contribution in [1.82, 2.24) is 4.98 Å². The molecule has 0 aliphatic rings. The molecule has 0 aromatic carbocycles. The highest BCUT2D eigenvalue weighted by molar-refractivity contribution is 5.17. The molecule has 0 aliphatic carbocycles. The van der Waals surface area contributed by atoms with Crippen LogP contribution in [-0.2, 0) is 0 Å². The van der Waals surface area contributed by atoms with Gasteiger partial charge in [-0.05, 0) is 37.0 Å². The Hall–Kier alpha value is -0.890. The minimum Gasteiger partial charge on any atom is -0.388 e. The minimum absolute atomic E-state index is 0.340. The van der Waals surface area contributed by atoms with Crippen LogP contribution in [0, 0.1) is 12.8 Å². The molecular weight excluding hydrogens is 186 g/mol. The maximum absolute atomic E-state index is 10.0. The molecule has 15 heavy (non-hydrogen) atoms. The summed E-state index contributed by atoms with van der Waals surface area (Å²) in [5, 5.41) is 10.0. The molecule has 1 heterocycles. The molecule has 1 aromatic heterocycles. The number of rotatable bonds is 5. The van der Waals surface area contributed by atoms with Crippen molar-refractivity contribution in [2.45, 2.75) is 46.1 Å². The number of aryl methyl sites for hydroxylation is 1. The lowest BCUT2D eigenvalue weighted by molar-refractivity contribution is 0.145. The summed E-state index contributed by atoms with van der Waals surface area (Å²) in [4.78, 5) is 4.13. The highest BCUT2D eigenvalue weighted by Crippen LogP contribution is 2.23. The van der Waals surface area contributed by atoms with Crippen molar-refractivity contribution in [1.29, 1.82) is 0 Å². The zero-order valence-corrected chi connectivity index (χ0v) is 9.90. The third kappa shape index (κ3) is 4.00. The molecule has 0 fully saturated rings. The van der Waals surface area contributed by atoms with E-state index in [9.17, 15) is 5.11 Å². The lowest BCUT2D eigenvalue weighted by Gasteiger charge is -2.16. The monoisotopic (exact) mass is 207 g/mol. The van der Waals surface area contributed by atoms with E-state index in [0.717, 1.165) is 17.7 Å². The molecule has 0 saturated carbocycles. The summed E-state index contributed by atoms with van der Waals surface area (Å²) in [6.45, 7) is 6.33. The number of nitrogens with zero attached hydrogens (tertiary/aromatic N) is 1. The van der Waals surface area contributed by atoms with Crippen LogP contribution in [0.4, 0.5) is 0 Å². The summed E-state index contributed by atoms with van der Waals surface area (Å²) in [5.74, 6) is 0.582. The van der Waals surface area contributed by atoms with E-state index in [1.807, 2.05) is 19.1 Å². The average Bonchev–Trinajstić information content (AvgIpc) is 2.18. The Bertz CT molecular complexity index is 298. The standard InChI is InChI=1S/C13H21NO/c1-4-5-10(2)8-13(15)12-6-7-14-11(3)9-12/h6-7,9-10,13,15H,4-5,8H2,1-3H3. The summed E-state index contributed by atoms with van der Waals surface area (Å²) in [5.41, 5.74) is 1.96. The van der Waals surface area contributed by atoms with Crippen LogP contribution in [0.15, 0.2) is 18.3 Å². The van der Waals surface area contributed by atoms with Gasteiger partial charge in [-0.15, -0.1) is 0 Å². The second-order valence-corrected chi connectivity index (χ2v) is 4.38. The number of aliphatic hydroxyl groups is 1. The van der Waals surface area contributed by atoms with Gasteiger partial charge in [0.1, 0.15) is 0 Å². The van der Waals surface area contributed by atoms with Crippen LogP contribution < -0.4 is 0 Å². The van der Waals surface area contributed by atoms with E-state index in [2.05, 4.69) is 18.8 Å². The number of aromatic nitrogens is 1. The number of aliphatic hydroxyl groups excluding tert-OH is 1. The van der Waals surface area contributed by atoms with Crippen LogP contribution in [0.1, 0.15) is 50.5 Å². The topological polar surface area (TPSA) is 33.1 Å². The van der Waals surface area contributed by atoms with Gasteiger partial charge in [-0.3, -0.25) is 4.98 Å². The van der Waals surface area contributed by atoms with E-state index in [1.165, 1.54) is 12.8 Å². The maximum atomic E-state index is 10.0. The fraction of sp³-hybridized carbons (Fsp3) is 0.615. The van der Waals surface area contributed by atoms with Gasteiger partial charge in [0.25, 0.3) is 0 Å². The van der Waals surface area contributed by atoms with Crippen molar-refractivity contribution in [2.75, 3.05) is 0 Å². The van der Waals surface area contributed by atoms with Gasteiger partial charge in [-0.2, -0.15) is 0 Å². The van der Waals surface area contributed by atoms with Crippen LogP contribution in [0.3, 0.4) is 0 Å². The van der Waals surface area contributed by atoms with Gasteiger partial charge >= 0.3 is 0 Å². The zero-order valence-electron chi connectivity index (χ0n) is 9.90. The summed E-state index contributed by atoms with van der Waals surface area (Å²) in [7, 11) is 0. The predicted octanol–water partition coefficient (Wildman–Crippen LogP) is 3.25. The molecule has 2 heteroatoms. The van der Waals surface area contributed by atoms with Gasteiger partial charge in [0, 0.05) is 11.9 Å². The Balaban J connectivity index is 2.56. The minimum atomic E-state index is -0.340. The molecular formula is C13H21NO. The van der Waals surface area contributed by atoms with Crippen molar-refractivity contribution in [3.05, 3.63) is 29.6 Å². The lowest BCUT2D eigenvalue weighted by atomic mass is 9.95. The first kappa shape index (κ1) is 12.2. The molecule has 0 aliphatic heterocycles. The molecule has 0 radical (unpaired) electrons. The van der Waals surface area contributed by atoms with E-state index >= 15 is 0 Å². The van der Waals surface area contributed by atoms with E-state index in [0.29, 0.717) is 5.92 Å². The van der Waals surface area contributed by atoms with Gasteiger partial charge < -0.3 is 5.11 Å². The van der Waals surface area contributed by atoms with E-state index < -0.39 is 0 Å². The van der Waals surface area contributed by atoms with Gasteiger partial charge in [-0.1, -0.05) is 26.7 Å². The molecule has 0 spiro atoms. The Morgan fingerprint density at radius 3 is 2.80 bits per heavy atom. The molecule has 1 aromatic rings. The molecule has 2 atom stereocenters. The van der Waals surface area contributed by atoms with Crippen LogP contribution in [0.5, 0.6) is 0 Å². The van der Waals surface area contributed by atoms with Crippen molar-refractivity contribution in [3.8, 4) is 0 Å². The van der Waals surface area contributed by atoms with Crippen molar-refractivity contribution in [3.63, 3.8) is 0 Å². The summed E-state index contributed by atoms with van der Waals surface area (Å²) >= 11 is 0. The number of hydrogen-bond donors (Lipinski definition) is 1. The average molecular weight is 207 g/mol. The van der Waals surface area contributed by atoms with Crippen LogP contribution in [0.2, 0.25) is 0 Å². The first-order valence-electron chi connectivity index (χ1n) is 5.74. The number of pyridine rings is 1. The SMILES string of the molecule is CCCC(C)CC(O)c1ccnc(C)c1. The molecule has 0 saturated heterocycles. The fourth-order valence-corrected chi connectivity index (χ4v) is 1.90. The largest absolute Gasteiger partial charge is 0.388 e. The number of hydrogen-bond acceptors (Lipinski definition) is 2. The molecule has 0 amide bonds. The Kier molecular flexibility index (Phi) is 4.76. The van der Waals surface area contributed by atoms with Crippen LogP contribution >= 0.6 is 0 Å². The lowest BCUT2D eigenvalue weighted by Crippen LogP contribution is -2.05. The van der Waals surface area contributed by atoms with E-state index in [4.69, 9.17) is 0 Å². The quantitative estimate of drug-likeness (QED) is 0.804. The van der Waals surface area contributed by atoms with Crippen LogP contribution in [0.25, 0.3) is 0 Å². The predicted molar refractivity (Wildman–Crippen MR) is 62.6 cm³/mol. The Morgan fingerprint density at radius 1 is 1.47 bits per heavy atom. The van der Waals surface area contributed by atoms with Crippen molar-refractivity contribution >= 4 is 0 Å². The Morgan fingerprint density at radius 2 is 2.20 bits per heavy atom. The first-order chi connectivity index (χ1) is 7.13. The highest BCUT2D eigenvalue weighted by Gasteiger charge is 2.11. The smallest absolute Gasteiger partial charge is 0.0793 e. The van der Waals surface area contributed by atoms with E-state index in [1.54, 1.807) is 6.20 Å². The zero-order chi connectivity index (χ0) is 11.3.